The number of amides is 11. The summed E-state index contributed by atoms with van der Waals surface area (Å²) in [5, 5.41) is 92.4. The highest BCUT2D eigenvalue weighted by Gasteiger charge is 2.41. The quantitative estimate of drug-likeness (QED) is 0.00732. The second-order valence-corrected chi connectivity index (χ2v) is 29.6. The number of esters is 1. The van der Waals surface area contributed by atoms with Crippen molar-refractivity contribution in [1.29, 1.82) is 0 Å². The summed E-state index contributed by atoms with van der Waals surface area (Å²) in [6.45, 7) is -2.41. The number of fused-ring (bicyclic) bond motifs is 4. The third-order valence-corrected chi connectivity index (χ3v) is 19.9. The lowest BCUT2D eigenvalue weighted by molar-refractivity contribution is -0.156. The number of carboxylic acid groups (broad SMARTS) is 4. The number of carboxylic acids is 4. The van der Waals surface area contributed by atoms with E-state index in [0.717, 1.165) is 24.8 Å². The van der Waals surface area contributed by atoms with Gasteiger partial charge in [0.15, 0.2) is 5.78 Å². The third-order valence-electron chi connectivity index (χ3n) is 19.1. The minimum Gasteiger partial charge on any atom is -0.481 e. The van der Waals surface area contributed by atoms with Gasteiger partial charge in [-0.3, -0.25) is 86.6 Å². The van der Waals surface area contributed by atoms with Gasteiger partial charge in [0.2, 0.25) is 59.1 Å². The topological polar surface area (TPSA) is 709 Å². The molecule has 14 unspecified atom stereocenters. The Kier molecular flexibility index (Phi) is 34.4. The molecule has 45 heteroatoms. The number of alkyl carbamates (subject to hydrolysis) is 1. The highest BCUT2D eigenvalue weighted by molar-refractivity contribution is 7.85. The van der Waals surface area contributed by atoms with Gasteiger partial charge in [0, 0.05) is 60.2 Å². The van der Waals surface area contributed by atoms with Crippen LogP contribution in [0.5, 0.6) is 0 Å². The first-order valence-electron chi connectivity index (χ1n) is 37.3. The first-order valence-corrected chi connectivity index (χ1v) is 38.7. The van der Waals surface area contributed by atoms with Crippen molar-refractivity contribution >= 4 is 128 Å². The number of H-pyrrole nitrogens is 1. The zero-order valence-electron chi connectivity index (χ0n) is 64.7. The normalized spacial score (nSPS) is 22.2. The van der Waals surface area contributed by atoms with Gasteiger partial charge in [0.1, 0.15) is 61.2 Å². The number of benzene rings is 4. The summed E-state index contributed by atoms with van der Waals surface area (Å²) < 4.78 is 45.5. The molecular weight excluding hydrogens is 1600 g/mol. The number of anilines is 1. The molecule has 25 N–H and O–H groups in total. The lowest BCUT2D eigenvalue weighted by Crippen LogP contribution is -2.62. The summed E-state index contributed by atoms with van der Waals surface area (Å²) in [5.41, 5.74) is 15.5. The van der Waals surface area contributed by atoms with Crippen LogP contribution >= 0.6 is 0 Å². The van der Waals surface area contributed by atoms with Crippen LogP contribution in [0.3, 0.4) is 0 Å². The van der Waals surface area contributed by atoms with E-state index in [9.17, 15) is 125 Å². The summed E-state index contributed by atoms with van der Waals surface area (Å²) >= 11 is 0. The lowest BCUT2D eigenvalue weighted by Gasteiger charge is -2.33. The number of nitrogens with two attached hydrogens (primary N) is 2. The van der Waals surface area contributed by atoms with E-state index >= 15 is 0 Å². The fourth-order valence-electron chi connectivity index (χ4n) is 13.0. The molecule has 44 nitrogen and oxygen atoms in total. The van der Waals surface area contributed by atoms with Crippen LogP contribution in [0.25, 0.3) is 22.0 Å². The van der Waals surface area contributed by atoms with E-state index in [1.807, 2.05) is 0 Å². The number of para-hydroxylation sites is 2. The molecule has 1 aliphatic heterocycles. The zero-order chi connectivity index (χ0) is 88.4. The Morgan fingerprint density at radius 3 is 1.99 bits per heavy atom. The van der Waals surface area contributed by atoms with Crippen LogP contribution < -0.4 is 80.6 Å². The Morgan fingerprint density at radius 1 is 0.667 bits per heavy atom. The van der Waals surface area contributed by atoms with E-state index in [-0.39, 0.29) is 24.1 Å². The predicted octanol–water partition coefficient (Wildman–Crippen LogP) is -5.07. The SMILES string of the molecule is CC1NC(=O)C(CC(=O)O)NC(=O)C(CCCNC(=O)OCC2c3ccccc3-c3ccc(S(=O)(=O)O)cc32)NC(=O)CNC(=O)C(NC(=O)C(CC(=O)O)NC(=O)CNC(=O)C(N)Cc2c[nH]c3ccccc23)C(C)OC(=O)C(CC(=O)c2ccccc2N)NC(O)C(C(C)CC(=O)O)NC(=O)C(CO)NC(=O)CNCC(CC(=O)O)NC1=O. The fourth-order valence-corrected chi connectivity index (χ4v) is 13.5. The van der Waals surface area contributed by atoms with E-state index in [1.165, 1.54) is 49.4 Å². The molecular formula is C75H94N16O28S. The summed E-state index contributed by atoms with van der Waals surface area (Å²) in [4.78, 5) is 234. The van der Waals surface area contributed by atoms with Gasteiger partial charge in [-0.2, -0.15) is 8.42 Å². The number of carbonyl (C=O) groups excluding carboxylic acids is 13. The Labute approximate surface area is 683 Å². The van der Waals surface area contributed by atoms with Gasteiger partial charge in [0.05, 0.1) is 68.5 Å². The van der Waals surface area contributed by atoms with E-state index < -0.39 is 285 Å². The summed E-state index contributed by atoms with van der Waals surface area (Å²) in [7, 11) is -4.69. The van der Waals surface area contributed by atoms with Gasteiger partial charge in [-0.15, -0.1) is 0 Å². The molecule has 0 bridgehead atoms. The van der Waals surface area contributed by atoms with Crippen LogP contribution in [0.4, 0.5) is 10.5 Å². The molecule has 4 aromatic carbocycles. The van der Waals surface area contributed by atoms with Crippen molar-refractivity contribution in [3.05, 3.63) is 119 Å². The first kappa shape index (κ1) is 94.1. The number of aliphatic hydroxyl groups is 2. The Balaban J connectivity index is 1.22. The molecule has 2 aliphatic rings. The van der Waals surface area contributed by atoms with Crippen LogP contribution in [0.2, 0.25) is 0 Å². The number of ether oxygens (including phenoxy) is 2. The number of ketones is 1. The number of nitrogens with one attached hydrogen (secondary N) is 14. The van der Waals surface area contributed by atoms with Crippen LogP contribution in [0.1, 0.15) is 98.7 Å². The predicted molar refractivity (Wildman–Crippen MR) is 416 cm³/mol. The number of cyclic esters (lactones) is 1. The fraction of sp³-hybridized carbons (Fsp3) is 0.427. The van der Waals surface area contributed by atoms with Crippen LogP contribution in [0, 0.1) is 5.92 Å². The van der Waals surface area contributed by atoms with Gasteiger partial charge in [-0.05, 0) is 97.2 Å². The number of hydrogen-bond acceptors (Lipinski definition) is 27. The van der Waals surface area contributed by atoms with Crippen molar-refractivity contribution in [3.63, 3.8) is 0 Å². The van der Waals surface area contributed by atoms with Crippen molar-refractivity contribution in [3.8, 4) is 11.1 Å². The molecule has 11 amide bonds. The number of nitrogen functional groups attached to an aromatic ring is 1. The van der Waals surface area contributed by atoms with Crippen LogP contribution in [-0.2, 0) is 97.9 Å². The monoisotopic (exact) mass is 1700 g/mol. The van der Waals surface area contributed by atoms with E-state index in [1.54, 1.807) is 54.7 Å². The third kappa shape index (κ3) is 27.8. The smallest absolute Gasteiger partial charge is 0.407 e. The highest BCUT2D eigenvalue weighted by atomic mass is 32.2. The second kappa shape index (κ2) is 43.9. The summed E-state index contributed by atoms with van der Waals surface area (Å²) in [5.74, 6) is -24.1. The molecule has 0 saturated carbocycles. The molecule has 1 fully saturated rings. The van der Waals surface area contributed by atoms with Gasteiger partial charge < -0.3 is 120 Å². The van der Waals surface area contributed by atoms with Crippen molar-refractivity contribution in [2.75, 3.05) is 51.7 Å². The maximum atomic E-state index is 14.9. The number of rotatable bonds is 28. The minimum absolute atomic E-state index is 0.0413. The number of Topliss-reactive ketones (excluding diaryl/α,β-unsaturated/α-hetero) is 1. The van der Waals surface area contributed by atoms with Gasteiger partial charge in [0.25, 0.3) is 10.1 Å². The van der Waals surface area contributed by atoms with E-state index in [0.29, 0.717) is 27.8 Å². The van der Waals surface area contributed by atoms with Crippen molar-refractivity contribution in [2.45, 2.75) is 156 Å². The largest absolute Gasteiger partial charge is 0.481 e. The summed E-state index contributed by atoms with van der Waals surface area (Å²) in [6, 6.07) is 4.04. The average molecular weight is 1700 g/mol. The maximum Gasteiger partial charge on any atom is 0.407 e. The Hall–Kier alpha value is -13.1. The molecule has 7 rings (SSSR count). The van der Waals surface area contributed by atoms with E-state index in [4.69, 9.17) is 20.9 Å². The van der Waals surface area contributed by atoms with Gasteiger partial charge >= 0.3 is 35.9 Å². The van der Waals surface area contributed by atoms with Crippen molar-refractivity contribution < 1.29 is 135 Å². The second-order valence-electron chi connectivity index (χ2n) is 28.2. The molecule has 1 aromatic heterocycles. The number of hydrogen-bond donors (Lipinski definition) is 23. The first-order chi connectivity index (χ1) is 56.7. The molecule has 14 atom stereocenters. The molecule has 0 radical (unpaired) electrons. The standard InChI is InChI=1S/C75H94N16O28S/c1-35(21-60(97)98)64-73(112)89-54(25-56(93)45-14-6-8-15-48(45)76)74(113)119-37(3)65(91-70(109)52(26-62(101)102)86-59(96)31-81-67(106)49(77)22-38-28-80-50-16-9-7-11-41(38)50)72(111)82-32-58(95)85-51(17-10-20-79-75(114)118-34-47-43-13-5-4-12-42(43)44-19-18-40(24-46(44)47)120(115,116)117)68(107)88-53(27-63(103)104)69(108)83-36(2)66(105)84-39(23-61(99)100)29-78-30-57(94)87-55(33-92)71(110)90-64/h4-9,11-16,18-19,24,28,35-37,39,47,49,51-55,64-65,73,78,80,89,92,112H,10,17,20-23,25-27,29-34,76-77H2,1-3H3,(H,79,114)(H,81,106)(H,82,111)(H,83,108)(H,84,105)(H,85,95)(H,86,96)(H,87,94)(H,88,107)(H,90,110)(H,91,109)(H,97,98)(H,99,100)(H,101,102)(H,103,104)(H,115,116,117). The number of aliphatic carboxylic acids is 4. The van der Waals surface area contributed by atoms with Gasteiger partial charge in [-0.1, -0.05) is 67.6 Å². The molecule has 2 heterocycles. The molecule has 120 heavy (non-hydrogen) atoms. The number of aliphatic hydroxyl groups excluding tert-OH is 2. The summed E-state index contributed by atoms with van der Waals surface area (Å²) in [6.07, 6.45) is -10.2. The molecule has 1 saturated heterocycles. The molecule has 648 valence electrons. The Bertz CT molecular complexity index is 4800. The zero-order valence-corrected chi connectivity index (χ0v) is 65.5. The molecule has 0 spiro atoms. The van der Waals surface area contributed by atoms with E-state index in [2.05, 4.69) is 74.1 Å². The Morgan fingerprint density at radius 2 is 1.31 bits per heavy atom. The maximum absolute atomic E-state index is 14.9. The van der Waals surface area contributed by atoms with Crippen LogP contribution in [0.15, 0.2) is 102 Å². The van der Waals surface area contributed by atoms with Crippen LogP contribution in [-0.4, -0.2) is 268 Å². The average Bonchev–Trinajstić information content (AvgIpc) is 1.60. The van der Waals surface area contributed by atoms with Crippen molar-refractivity contribution in [2.24, 2.45) is 11.7 Å². The highest BCUT2D eigenvalue weighted by Crippen LogP contribution is 2.45. The molecule has 5 aromatic rings. The number of carbonyl (C=O) groups is 17. The molecule has 1 aliphatic carbocycles. The number of aromatic amines is 1. The lowest BCUT2D eigenvalue weighted by atomic mass is 9.95. The number of aromatic nitrogens is 1. The van der Waals surface area contributed by atoms with Gasteiger partial charge in [-0.25, -0.2) is 4.79 Å². The van der Waals surface area contributed by atoms with Crippen molar-refractivity contribution in [1.82, 2.24) is 74.1 Å². The minimum atomic E-state index is -4.69.